The fourth-order valence-corrected chi connectivity index (χ4v) is 2.38. The van der Waals surface area contributed by atoms with Crippen LogP contribution in [0.4, 0.5) is 0 Å². The average molecular weight is 278 g/mol. The van der Waals surface area contributed by atoms with Gasteiger partial charge in [-0.2, -0.15) is 5.10 Å². The maximum absolute atomic E-state index is 12.4. The summed E-state index contributed by atoms with van der Waals surface area (Å²) in [4.78, 5) is 24.5. The van der Waals surface area contributed by atoms with E-state index < -0.39 is 0 Å². The number of hydrogen-bond donors (Lipinski definition) is 0. The molecule has 0 saturated carbocycles. The van der Waals surface area contributed by atoms with Crippen molar-refractivity contribution in [3.63, 3.8) is 0 Å². The molecule has 1 aromatic heterocycles. The van der Waals surface area contributed by atoms with E-state index in [1.54, 1.807) is 24.0 Å². The van der Waals surface area contributed by atoms with Crippen LogP contribution in [0.5, 0.6) is 0 Å². The van der Waals surface area contributed by atoms with Gasteiger partial charge in [-0.25, -0.2) is 0 Å². The fraction of sp³-hybridized carbons (Fsp3) is 0.118. The molecule has 2 aromatic carbocycles. The summed E-state index contributed by atoms with van der Waals surface area (Å²) in [7, 11) is 1.74. The van der Waals surface area contributed by atoms with Gasteiger partial charge in [-0.1, -0.05) is 42.5 Å². The van der Waals surface area contributed by atoms with Gasteiger partial charge in [-0.3, -0.25) is 14.3 Å². The Morgan fingerprint density at radius 2 is 1.81 bits per heavy atom. The lowest BCUT2D eigenvalue weighted by Crippen LogP contribution is -2.08. The van der Waals surface area contributed by atoms with E-state index in [0.29, 0.717) is 11.1 Å². The predicted octanol–water partition coefficient (Wildman–Crippen LogP) is 3.03. The molecule has 0 aliphatic rings. The number of nitrogens with zero attached hydrogens (tertiary/aromatic N) is 2. The topological polar surface area (TPSA) is 52.0 Å². The number of carbonyl (C=O) groups excluding carboxylic acids is 2. The number of carbonyl (C=O) groups is 2. The number of Topliss-reactive ketones (excluding diaryl/α,β-unsaturated/α-hetero) is 2. The van der Waals surface area contributed by atoms with Gasteiger partial charge in [0, 0.05) is 18.8 Å². The van der Waals surface area contributed by atoms with E-state index >= 15 is 0 Å². The van der Waals surface area contributed by atoms with Crippen LogP contribution in [-0.2, 0) is 7.05 Å². The summed E-state index contributed by atoms with van der Waals surface area (Å²) in [5.74, 6) is -0.373. The van der Waals surface area contributed by atoms with Gasteiger partial charge >= 0.3 is 0 Å². The van der Waals surface area contributed by atoms with Gasteiger partial charge in [0.1, 0.15) is 0 Å². The summed E-state index contributed by atoms with van der Waals surface area (Å²) in [6.45, 7) is 0. The van der Waals surface area contributed by atoms with Crippen molar-refractivity contribution in [1.29, 1.82) is 0 Å². The highest BCUT2D eigenvalue weighted by molar-refractivity contribution is 6.17. The summed E-state index contributed by atoms with van der Waals surface area (Å²) in [6, 6.07) is 13.2. The first-order valence-corrected chi connectivity index (χ1v) is 6.68. The number of hydrogen-bond acceptors (Lipinski definition) is 3. The van der Waals surface area contributed by atoms with Crippen LogP contribution in [-0.4, -0.2) is 21.3 Å². The molecule has 0 radical (unpaired) electrons. The SMILES string of the molecule is Cn1cc(C(=O)CC(=O)c2cccc3ccccc23)cn1. The van der Waals surface area contributed by atoms with Crippen LogP contribution in [0.1, 0.15) is 27.1 Å². The first kappa shape index (κ1) is 13.2. The first-order valence-electron chi connectivity index (χ1n) is 6.68. The Kier molecular flexibility index (Phi) is 3.36. The molecule has 3 rings (SSSR count). The highest BCUT2D eigenvalue weighted by Gasteiger charge is 2.16. The summed E-state index contributed by atoms with van der Waals surface area (Å²) in [6.07, 6.45) is 2.97. The quantitative estimate of drug-likeness (QED) is 0.544. The van der Waals surface area contributed by atoms with E-state index in [4.69, 9.17) is 0 Å². The van der Waals surface area contributed by atoms with E-state index in [0.717, 1.165) is 10.8 Å². The van der Waals surface area contributed by atoms with Gasteiger partial charge in [0.05, 0.1) is 18.2 Å². The molecule has 0 unspecified atom stereocenters. The van der Waals surface area contributed by atoms with E-state index in [-0.39, 0.29) is 18.0 Å². The standard InChI is InChI=1S/C17H14N2O2/c1-19-11-13(10-18-19)16(20)9-17(21)15-8-4-6-12-5-2-3-7-14(12)15/h2-8,10-11H,9H2,1H3. The number of fused-ring (bicyclic) bond motifs is 1. The molecule has 0 atom stereocenters. The number of benzene rings is 2. The Labute approximate surface area is 122 Å². The Morgan fingerprint density at radius 3 is 2.57 bits per heavy atom. The first-order chi connectivity index (χ1) is 10.1. The monoisotopic (exact) mass is 278 g/mol. The number of rotatable bonds is 4. The number of aryl methyl sites for hydroxylation is 1. The van der Waals surface area contributed by atoms with Crippen molar-refractivity contribution in [3.05, 3.63) is 66.0 Å². The van der Waals surface area contributed by atoms with Crippen molar-refractivity contribution < 1.29 is 9.59 Å². The third-order valence-corrected chi connectivity index (χ3v) is 3.44. The molecule has 0 N–H and O–H groups in total. The minimum absolute atomic E-state index is 0.139. The van der Waals surface area contributed by atoms with E-state index in [1.807, 2.05) is 36.4 Å². The molecule has 0 aliphatic heterocycles. The van der Waals surface area contributed by atoms with Crippen LogP contribution < -0.4 is 0 Å². The fourth-order valence-electron chi connectivity index (χ4n) is 2.38. The molecule has 104 valence electrons. The highest BCUT2D eigenvalue weighted by Crippen LogP contribution is 2.20. The normalized spacial score (nSPS) is 10.7. The van der Waals surface area contributed by atoms with Crippen molar-refractivity contribution in [2.75, 3.05) is 0 Å². The van der Waals surface area contributed by atoms with Crippen molar-refractivity contribution in [2.45, 2.75) is 6.42 Å². The van der Waals surface area contributed by atoms with Gasteiger partial charge in [-0.15, -0.1) is 0 Å². The van der Waals surface area contributed by atoms with Crippen LogP contribution in [0.15, 0.2) is 54.9 Å². The molecule has 0 bridgehead atoms. The number of ketones is 2. The Morgan fingerprint density at radius 1 is 1.05 bits per heavy atom. The molecule has 0 fully saturated rings. The second-order valence-corrected chi connectivity index (χ2v) is 4.95. The van der Waals surface area contributed by atoms with Crippen molar-refractivity contribution in [2.24, 2.45) is 7.05 Å². The summed E-state index contributed by atoms with van der Waals surface area (Å²) in [5.41, 5.74) is 1.05. The lowest BCUT2D eigenvalue weighted by molar-refractivity contribution is 0.0895. The molecule has 0 saturated heterocycles. The zero-order chi connectivity index (χ0) is 14.8. The summed E-state index contributed by atoms with van der Waals surface area (Å²) >= 11 is 0. The Balaban J connectivity index is 1.89. The second kappa shape index (κ2) is 5.32. The predicted molar refractivity (Wildman–Crippen MR) is 80.4 cm³/mol. The number of aromatic nitrogens is 2. The van der Waals surface area contributed by atoms with Gasteiger partial charge in [0.15, 0.2) is 11.6 Å². The summed E-state index contributed by atoms with van der Waals surface area (Å²) < 4.78 is 1.55. The zero-order valence-corrected chi connectivity index (χ0v) is 11.6. The molecule has 3 aromatic rings. The molecular weight excluding hydrogens is 264 g/mol. The Hall–Kier alpha value is -2.75. The lowest BCUT2D eigenvalue weighted by Gasteiger charge is -2.04. The van der Waals surface area contributed by atoms with Crippen LogP contribution in [0.25, 0.3) is 10.8 Å². The molecule has 21 heavy (non-hydrogen) atoms. The van der Waals surface area contributed by atoms with E-state index in [2.05, 4.69) is 5.10 Å². The third kappa shape index (κ3) is 2.60. The van der Waals surface area contributed by atoms with Gasteiger partial charge in [0.25, 0.3) is 0 Å². The molecule has 1 heterocycles. The molecule has 0 spiro atoms. The second-order valence-electron chi connectivity index (χ2n) is 4.95. The lowest BCUT2D eigenvalue weighted by atomic mass is 9.98. The molecule has 0 amide bonds. The van der Waals surface area contributed by atoms with Crippen molar-refractivity contribution in [3.8, 4) is 0 Å². The smallest absolute Gasteiger partial charge is 0.173 e. The van der Waals surface area contributed by atoms with E-state index in [1.165, 1.54) is 6.20 Å². The zero-order valence-electron chi connectivity index (χ0n) is 11.6. The van der Waals surface area contributed by atoms with Gasteiger partial charge < -0.3 is 0 Å². The highest BCUT2D eigenvalue weighted by atomic mass is 16.1. The maximum Gasteiger partial charge on any atom is 0.173 e. The van der Waals surface area contributed by atoms with E-state index in [9.17, 15) is 9.59 Å². The van der Waals surface area contributed by atoms with Gasteiger partial charge in [0.2, 0.25) is 0 Å². The largest absolute Gasteiger partial charge is 0.294 e. The molecule has 0 aliphatic carbocycles. The van der Waals surface area contributed by atoms with Crippen LogP contribution >= 0.6 is 0 Å². The molecular formula is C17H14N2O2. The summed E-state index contributed by atoms with van der Waals surface area (Å²) in [5, 5.41) is 5.83. The Bertz CT molecular complexity index is 828. The van der Waals surface area contributed by atoms with Gasteiger partial charge in [-0.05, 0) is 10.8 Å². The third-order valence-electron chi connectivity index (χ3n) is 3.44. The van der Waals surface area contributed by atoms with Crippen LogP contribution in [0.3, 0.4) is 0 Å². The van der Waals surface area contributed by atoms with Crippen molar-refractivity contribution >= 4 is 22.3 Å². The minimum atomic E-state index is -0.207. The van der Waals surface area contributed by atoms with Crippen LogP contribution in [0.2, 0.25) is 0 Å². The van der Waals surface area contributed by atoms with Crippen molar-refractivity contribution in [1.82, 2.24) is 9.78 Å². The minimum Gasteiger partial charge on any atom is -0.294 e. The van der Waals surface area contributed by atoms with Crippen LogP contribution in [0, 0.1) is 0 Å². The average Bonchev–Trinajstić information content (AvgIpc) is 2.93. The molecule has 4 heteroatoms. The molecule has 4 nitrogen and oxygen atoms in total. The maximum atomic E-state index is 12.4.